The molecule has 3 heterocycles. The first-order valence-electron chi connectivity index (χ1n) is 8.44. The summed E-state index contributed by atoms with van der Waals surface area (Å²) in [6.45, 7) is 3.92. The van der Waals surface area contributed by atoms with Gasteiger partial charge in [-0.3, -0.25) is 9.69 Å². The summed E-state index contributed by atoms with van der Waals surface area (Å²) in [5.74, 6) is 0.863. The third kappa shape index (κ3) is 3.82. The summed E-state index contributed by atoms with van der Waals surface area (Å²) in [7, 11) is 0. The minimum absolute atomic E-state index is 0.0654. The van der Waals surface area contributed by atoms with E-state index < -0.39 is 0 Å². The molecular weight excluding hydrogens is 370 g/mol. The van der Waals surface area contributed by atoms with E-state index in [1.165, 1.54) is 0 Å². The number of rotatable bonds is 4. The van der Waals surface area contributed by atoms with Crippen LogP contribution in [0.4, 0.5) is 0 Å². The summed E-state index contributed by atoms with van der Waals surface area (Å²) in [4.78, 5) is 21.4. The Bertz CT molecular complexity index is 869. The molecule has 0 atom stereocenters. The van der Waals surface area contributed by atoms with Crippen molar-refractivity contribution in [3.63, 3.8) is 0 Å². The van der Waals surface area contributed by atoms with Crippen LogP contribution in [-0.4, -0.2) is 46.9 Å². The Morgan fingerprint density at radius 2 is 1.92 bits per heavy atom. The fraction of sp³-hybridized carbons (Fsp3) is 0.263. The number of hydrogen-bond donors (Lipinski definition) is 0. The van der Waals surface area contributed by atoms with Gasteiger partial charge in [-0.1, -0.05) is 11.6 Å². The molecule has 26 heavy (non-hydrogen) atoms. The molecule has 0 spiro atoms. The summed E-state index contributed by atoms with van der Waals surface area (Å²) in [6, 6.07) is 10.9. The van der Waals surface area contributed by atoms with Crippen LogP contribution in [0.15, 0.2) is 52.5 Å². The van der Waals surface area contributed by atoms with E-state index in [2.05, 4.69) is 9.88 Å². The van der Waals surface area contributed by atoms with Crippen LogP contribution in [0.3, 0.4) is 0 Å². The lowest BCUT2D eigenvalue weighted by Gasteiger charge is -2.34. The lowest BCUT2D eigenvalue weighted by Crippen LogP contribution is -2.48. The molecule has 134 valence electrons. The molecule has 1 amide bonds. The Morgan fingerprint density at radius 1 is 1.15 bits per heavy atom. The molecule has 7 heteroatoms. The first-order chi connectivity index (χ1) is 12.7. The number of nitrogens with zero attached hydrogens (tertiary/aromatic N) is 3. The number of aromatic nitrogens is 1. The number of furan rings is 1. The third-order valence-corrected chi connectivity index (χ3v) is 5.52. The van der Waals surface area contributed by atoms with Crippen LogP contribution in [0.2, 0.25) is 5.02 Å². The van der Waals surface area contributed by atoms with Crippen LogP contribution in [0.5, 0.6) is 0 Å². The van der Waals surface area contributed by atoms with Crippen LogP contribution >= 0.6 is 22.9 Å². The molecule has 0 aliphatic carbocycles. The molecule has 4 rings (SSSR count). The maximum atomic E-state index is 12.6. The number of piperazine rings is 1. The maximum Gasteiger partial charge on any atom is 0.253 e. The van der Waals surface area contributed by atoms with E-state index in [1.807, 2.05) is 22.4 Å². The lowest BCUT2D eigenvalue weighted by molar-refractivity contribution is 0.0628. The summed E-state index contributed by atoms with van der Waals surface area (Å²) in [5.41, 5.74) is 1.57. The molecule has 0 saturated carbocycles. The van der Waals surface area contributed by atoms with Crippen molar-refractivity contribution >= 4 is 28.8 Å². The van der Waals surface area contributed by atoms with Crippen LogP contribution in [0.1, 0.15) is 15.4 Å². The normalized spacial score (nSPS) is 15.3. The number of hydrogen-bond acceptors (Lipinski definition) is 5. The van der Waals surface area contributed by atoms with E-state index >= 15 is 0 Å². The zero-order chi connectivity index (χ0) is 17.9. The second kappa shape index (κ2) is 7.61. The first-order valence-corrected chi connectivity index (χ1v) is 9.70. The van der Waals surface area contributed by atoms with Gasteiger partial charge in [0.05, 0.1) is 12.8 Å². The van der Waals surface area contributed by atoms with Crippen molar-refractivity contribution in [2.24, 2.45) is 0 Å². The van der Waals surface area contributed by atoms with Gasteiger partial charge in [0, 0.05) is 42.1 Å². The number of benzene rings is 1. The largest absolute Gasteiger partial charge is 0.463 e. The van der Waals surface area contributed by atoms with Gasteiger partial charge in [0.25, 0.3) is 5.91 Å². The van der Waals surface area contributed by atoms with Crippen LogP contribution < -0.4 is 0 Å². The van der Waals surface area contributed by atoms with Gasteiger partial charge >= 0.3 is 0 Å². The molecule has 0 N–H and O–H groups in total. The van der Waals surface area contributed by atoms with E-state index in [0.717, 1.165) is 49.2 Å². The van der Waals surface area contributed by atoms with E-state index in [4.69, 9.17) is 16.0 Å². The van der Waals surface area contributed by atoms with E-state index in [-0.39, 0.29) is 5.91 Å². The maximum absolute atomic E-state index is 12.6. The summed E-state index contributed by atoms with van der Waals surface area (Å²) < 4.78 is 5.39. The van der Waals surface area contributed by atoms with Crippen molar-refractivity contribution in [1.82, 2.24) is 14.8 Å². The quantitative estimate of drug-likeness (QED) is 0.678. The van der Waals surface area contributed by atoms with E-state index in [0.29, 0.717) is 10.6 Å². The first kappa shape index (κ1) is 17.3. The van der Waals surface area contributed by atoms with Crippen molar-refractivity contribution in [1.29, 1.82) is 0 Å². The van der Waals surface area contributed by atoms with Crippen LogP contribution in [0, 0.1) is 0 Å². The van der Waals surface area contributed by atoms with Gasteiger partial charge < -0.3 is 9.32 Å². The molecule has 2 aromatic heterocycles. The van der Waals surface area contributed by atoms with Gasteiger partial charge in [-0.05, 0) is 36.4 Å². The highest BCUT2D eigenvalue weighted by Gasteiger charge is 2.22. The molecule has 1 fully saturated rings. The Hall–Kier alpha value is -2.15. The molecule has 1 aliphatic rings. The average molecular weight is 388 g/mol. The minimum atomic E-state index is 0.0654. The molecule has 0 unspecified atom stereocenters. The Morgan fingerprint density at radius 3 is 2.62 bits per heavy atom. The fourth-order valence-corrected chi connectivity index (χ4v) is 3.95. The van der Waals surface area contributed by atoms with Crippen LogP contribution in [-0.2, 0) is 6.54 Å². The highest BCUT2D eigenvalue weighted by atomic mass is 35.5. The highest BCUT2D eigenvalue weighted by Crippen LogP contribution is 2.23. The van der Waals surface area contributed by atoms with Crippen molar-refractivity contribution in [3.05, 3.63) is 63.6 Å². The molecule has 1 aromatic carbocycles. The summed E-state index contributed by atoms with van der Waals surface area (Å²) in [6.07, 6.45) is 1.66. The lowest BCUT2D eigenvalue weighted by atomic mass is 10.2. The fourth-order valence-electron chi connectivity index (χ4n) is 3.00. The average Bonchev–Trinajstić information content (AvgIpc) is 3.34. The number of carbonyl (C=O) groups excluding carboxylic acids is 1. The monoisotopic (exact) mass is 387 g/mol. The van der Waals surface area contributed by atoms with Crippen molar-refractivity contribution in [3.8, 4) is 11.5 Å². The number of thiazole rings is 1. The van der Waals surface area contributed by atoms with Crippen molar-refractivity contribution in [2.45, 2.75) is 6.54 Å². The zero-order valence-electron chi connectivity index (χ0n) is 14.1. The van der Waals surface area contributed by atoms with E-state index in [1.54, 1.807) is 41.9 Å². The van der Waals surface area contributed by atoms with Gasteiger partial charge in [-0.15, -0.1) is 11.3 Å². The van der Waals surface area contributed by atoms with Crippen LogP contribution in [0.25, 0.3) is 11.5 Å². The Labute approximate surface area is 160 Å². The predicted octanol–water partition coefficient (Wildman–Crippen LogP) is 4.01. The molecular formula is C19H18ClN3O2S. The molecule has 1 saturated heterocycles. The van der Waals surface area contributed by atoms with Gasteiger partial charge in [-0.25, -0.2) is 4.98 Å². The molecule has 0 radical (unpaired) electrons. The SMILES string of the molecule is O=C(c1ccc(Cl)cc1)N1CCN(Cc2nc(-c3ccco3)cs2)CC1. The predicted molar refractivity (Wildman–Crippen MR) is 102 cm³/mol. The standard InChI is InChI=1S/C19H18ClN3O2S/c20-15-5-3-14(4-6-15)19(24)23-9-7-22(8-10-23)12-18-21-16(13-26-18)17-2-1-11-25-17/h1-6,11,13H,7-10,12H2. The molecule has 5 nitrogen and oxygen atoms in total. The summed E-state index contributed by atoms with van der Waals surface area (Å²) in [5, 5.41) is 3.73. The Balaban J connectivity index is 1.32. The highest BCUT2D eigenvalue weighted by molar-refractivity contribution is 7.09. The third-order valence-electron chi connectivity index (χ3n) is 4.43. The second-order valence-electron chi connectivity index (χ2n) is 6.18. The van der Waals surface area contributed by atoms with Gasteiger partial charge in [-0.2, -0.15) is 0 Å². The number of carbonyl (C=O) groups is 1. The second-order valence-corrected chi connectivity index (χ2v) is 7.56. The molecule has 1 aliphatic heterocycles. The van der Waals surface area contributed by atoms with Crippen molar-refractivity contribution < 1.29 is 9.21 Å². The van der Waals surface area contributed by atoms with Gasteiger partial charge in [0.1, 0.15) is 10.7 Å². The van der Waals surface area contributed by atoms with Gasteiger partial charge in [0.2, 0.25) is 0 Å². The number of halogens is 1. The molecule has 3 aromatic rings. The zero-order valence-corrected chi connectivity index (χ0v) is 15.7. The van der Waals surface area contributed by atoms with E-state index in [9.17, 15) is 4.79 Å². The number of amides is 1. The van der Waals surface area contributed by atoms with Crippen molar-refractivity contribution in [2.75, 3.05) is 26.2 Å². The van der Waals surface area contributed by atoms with Gasteiger partial charge in [0.15, 0.2) is 5.76 Å². The Kier molecular flexibility index (Phi) is 5.06. The summed E-state index contributed by atoms with van der Waals surface area (Å²) >= 11 is 7.53. The minimum Gasteiger partial charge on any atom is -0.463 e. The molecule has 0 bridgehead atoms. The topological polar surface area (TPSA) is 49.6 Å². The smallest absolute Gasteiger partial charge is 0.253 e.